The van der Waals surface area contributed by atoms with E-state index >= 15 is 0 Å². The van der Waals surface area contributed by atoms with Crippen molar-refractivity contribution in [1.29, 1.82) is 0 Å². The molecule has 0 atom stereocenters. The van der Waals surface area contributed by atoms with Gasteiger partial charge in [-0.15, -0.1) is 0 Å². The maximum atomic E-state index is 12.1. The Morgan fingerprint density at radius 3 is 2.52 bits per heavy atom. The van der Waals surface area contributed by atoms with Gasteiger partial charge in [-0.25, -0.2) is 9.79 Å². The van der Waals surface area contributed by atoms with Crippen LogP contribution >= 0.6 is 23.2 Å². The third-order valence-electron chi connectivity index (χ3n) is 4.23. The fourth-order valence-electron chi connectivity index (χ4n) is 2.75. The molecule has 0 aromatic heterocycles. The molecule has 4 nitrogen and oxygen atoms in total. The first-order chi connectivity index (χ1) is 14.1. The molecule has 3 aromatic rings. The summed E-state index contributed by atoms with van der Waals surface area (Å²) in [5, 5.41) is 1.22. The standard InChI is InChI=1S/C23H15Cl2NO3/c24-18-6-3-5-16(13-18)22-26-21(23(27)29-22)12-15-8-10-19(11-9-15)28-14-17-4-1-2-7-20(17)25/h1-13H,14H2/b21-12-. The highest BCUT2D eigenvalue weighted by Gasteiger charge is 2.24. The fraction of sp³-hybridized carbons (Fsp3) is 0.0435. The van der Waals surface area contributed by atoms with Gasteiger partial charge in [-0.1, -0.05) is 59.6 Å². The number of benzene rings is 3. The quantitative estimate of drug-likeness (QED) is 0.378. The molecule has 0 saturated carbocycles. The minimum atomic E-state index is -0.501. The minimum absolute atomic E-state index is 0.227. The number of rotatable bonds is 5. The molecule has 0 radical (unpaired) electrons. The van der Waals surface area contributed by atoms with Crippen LogP contribution in [-0.2, 0) is 16.1 Å². The Balaban J connectivity index is 1.47. The highest BCUT2D eigenvalue weighted by molar-refractivity contribution is 6.31. The van der Waals surface area contributed by atoms with E-state index in [4.69, 9.17) is 32.7 Å². The van der Waals surface area contributed by atoms with Crippen molar-refractivity contribution in [3.63, 3.8) is 0 Å². The van der Waals surface area contributed by atoms with Crippen LogP contribution in [0, 0.1) is 0 Å². The topological polar surface area (TPSA) is 47.9 Å². The molecule has 1 heterocycles. The zero-order chi connectivity index (χ0) is 20.2. The summed E-state index contributed by atoms with van der Waals surface area (Å²) in [5.41, 5.74) is 2.59. The van der Waals surface area contributed by atoms with Crippen LogP contribution in [0.3, 0.4) is 0 Å². The Morgan fingerprint density at radius 2 is 1.76 bits per heavy atom. The first-order valence-electron chi connectivity index (χ1n) is 8.83. The van der Waals surface area contributed by atoms with Crippen LogP contribution < -0.4 is 4.74 Å². The number of hydrogen-bond acceptors (Lipinski definition) is 4. The zero-order valence-corrected chi connectivity index (χ0v) is 16.7. The smallest absolute Gasteiger partial charge is 0.363 e. The van der Waals surface area contributed by atoms with Crippen molar-refractivity contribution in [2.24, 2.45) is 4.99 Å². The summed E-state index contributed by atoms with van der Waals surface area (Å²) in [6.07, 6.45) is 1.66. The van der Waals surface area contributed by atoms with Crippen molar-refractivity contribution in [3.05, 3.63) is 105 Å². The van der Waals surface area contributed by atoms with E-state index < -0.39 is 5.97 Å². The third kappa shape index (κ3) is 4.67. The molecule has 0 bridgehead atoms. The summed E-state index contributed by atoms with van der Waals surface area (Å²) in [7, 11) is 0. The lowest BCUT2D eigenvalue weighted by Gasteiger charge is -2.07. The van der Waals surface area contributed by atoms with E-state index in [1.165, 1.54) is 0 Å². The van der Waals surface area contributed by atoms with Gasteiger partial charge in [-0.05, 0) is 48.0 Å². The Morgan fingerprint density at radius 1 is 0.966 bits per heavy atom. The molecule has 29 heavy (non-hydrogen) atoms. The average Bonchev–Trinajstić information content (AvgIpc) is 3.09. The van der Waals surface area contributed by atoms with Gasteiger partial charge in [0.1, 0.15) is 12.4 Å². The molecule has 6 heteroatoms. The Hall–Kier alpha value is -3.08. The summed E-state index contributed by atoms with van der Waals surface area (Å²) in [6.45, 7) is 0.375. The molecule has 0 spiro atoms. The van der Waals surface area contributed by atoms with E-state index in [1.807, 2.05) is 48.5 Å². The number of carbonyl (C=O) groups is 1. The van der Waals surface area contributed by atoms with Gasteiger partial charge >= 0.3 is 5.97 Å². The number of halogens is 2. The predicted molar refractivity (Wildman–Crippen MR) is 114 cm³/mol. The molecule has 0 N–H and O–H groups in total. The molecule has 0 unspecified atom stereocenters. The zero-order valence-electron chi connectivity index (χ0n) is 15.1. The first-order valence-corrected chi connectivity index (χ1v) is 9.59. The molecule has 1 aliphatic rings. The maximum absolute atomic E-state index is 12.1. The van der Waals surface area contributed by atoms with Gasteiger partial charge in [-0.2, -0.15) is 0 Å². The van der Waals surface area contributed by atoms with Gasteiger partial charge in [-0.3, -0.25) is 0 Å². The lowest BCUT2D eigenvalue weighted by Crippen LogP contribution is -2.05. The van der Waals surface area contributed by atoms with Gasteiger partial charge in [0.25, 0.3) is 0 Å². The largest absolute Gasteiger partial charge is 0.489 e. The van der Waals surface area contributed by atoms with Crippen LogP contribution in [0.25, 0.3) is 6.08 Å². The van der Waals surface area contributed by atoms with Crippen LogP contribution in [0.1, 0.15) is 16.7 Å². The Labute approximate surface area is 178 Å². The number of ether oxygens (including phenoxy) is 2. The lowest BCUT2D eigenvalue weighted by atomic mass is 10.2. The molecule has 0 aliphatic carbocycles. The number of hydrogen-bond donors (Lipinski definition) is 0. The molecule has 4 rings (SSSR count). The van der Waals surface area contributed by atoms with Crippen LogP contribution in [0.5, 0.6) is 5.75 Å². The van der Waals surface area contributed by atoms with Gasteiger partial charge in [0, 0.05) is 21.2 Å². The molecule has 3 aromatic carbocycles. The molecular weight excluding hydrogens is 409 g/mol. The van der Waals surface area contributed by atoms with Crippen molar-refractivity contribution in [1.82, 2.24) is 0 Å². The van der Waals surface area contributed by atoms with Crippen LogP contribution in [0.4, 0.5) is 0 Å². The normalized spacial score (nSPS) is 14.6. The van der Waals surface area contributed by atoms with Crippen molar-refractivity contribution in [2.45, 2.75) is 6.61 Å². The summed E-state index contributed by atoms with van der Waals surface area (Å²) in [6, 6.07) is 21.9. The summed E-state index contributed by atoms with van der Waals surface area (Å²) >= 11 is 12.1. The van der Waals surface area contributed by atoms with Gasteiger partial charge in [0.05, 0.1) is 0 Å². The first kappa shape index (κ1) is 19.2. The summed E-state index contributed by atoms with van der Waals surface area (Å²) < 4.78 is 11.0. The van der Waals surface area contributed by atoms with E-state index in [1.54, 1.807) is 30.3 Å². The van der Waals surface area contributed by atoms with E-state index in [9.17, 15) is 4.79 Å². The number of cyclic esters (lactones) is 1. The van der Waals surface area contributed by atoms with Crippen LogP contribution in [0.15, 0.2) is 83.5 Å². The lowest BCUT2D eigenvalue weighted by molar-refractivity contribution is -0.129. The van der Waals surface area contributed by atoms with Crippen molar-refractivity contribution < 1.29 is 14.3 Å². The molecule has 144 valence electrons. The predicted octanol–water partition coefficient (Wildman–Crippen LogP) is 5.92. The van der Waals surface area contributed by atoms with Crippen molar-refractivity contribution in [2.75, 3.05) is 0 Å². The van der Waals surface area contributed by atoms with Crippen molar-refractivity contribution >= 4 is 41.1 Å². The Bertz CT molecular complexity index is 1120. The van der Waals surface area contributed by atoms with E-state index in [2.05, 4.69) is 4.99 Å². The van der Waals surface area contributed by atoms with Crippen LogP contribution in [0.2, 0.25) is 10.0 Å². The summed E-state index contributed by atoms with van der Waals surface area (Å²) in [5.74, 6) is 0.437. The van der Waals surface area contributed by atoms with Gasteiger partial charge < -0.3 is 9.47 Å². The Kier molecular flexibility index (Phi) is 5.65. The number of nitrogens with zero attached hydrogens (tertiary/aromatic N) is 1. The van der Waals surface area contributed by atoms with Gasteiger partial charge in [0.15, 0.2) is 5.70 Å². The fourth-order valence-corrected chi connectivity index (χ4v) is 3.13. The summed E-state index contributed by atoms with van der Waals surface area (Å²) in [4.78, 5) is 16.4. The maximum Gasteiger partial charge on any atom is 0.363 e. The number of esters is 1. The monoisotopic (exact) mass is 423 g/mol. The second-order valence-electron chi connectivity index (χ2n) is 6.30. The second-order valence-corrected chi connectivity index (χ2v) is 7.14. The number of aliphatic imine (C=N–C) groups is 1. The molecular formula is C23H15Cl2NO3. The van der Waals surface area contributed by atoms with Crippen molar-refractivity contribution in [3.8, 4) is 5.75 Å². The van der Waals surface area contributed by atoms with E-state index in [0.717, 1.165) is 11.1 Å². The molecule has 0 amide bonds. The SMILES string of the molecule is O=C1OC(c2cccc(Cl)c2)=N/C1=C\c1ccc(OCc2ccccc2Cl)cc1. The van der Waals surface area contributed by atoms with E-state index in [-0.39, 0.29) is 11.6 Å². The molecule has 0 saturated heterocycles. The average molecular weight is 424 g/mol. The highest BCUT2D eigenvalue weighted by atomic mass is 35.5. The minimum Gasteiger partial charge on any atom is -0.489 e. The molecule has 0 fully saturated rings. The second kappa shape index (κ2) is 8.52. The van der Waals surface area contributed by atoms with Gasteiger partial charge in [0.2, 0.25) is 5.90 Å². The van der Waals surface area contributed by atoms with E-state index in [0.29, 0.717) is 28.0 Å². The third-order valence-corrected chi connectivity index (χ3v) is 4.83. The highest BCUT2D eigenvalue weighted by Crippen LogP contribution is 2.23. The van der Waals surface area contributed by atoms with Crippen LogP contribution in [-0.4, -0.2) is 11.9 Å². The number of carbonyl (C=O) groups excluding carboxylic acids is 1. The molecule has 1 aliphatic heterocycles.